The van der Waals surface area contributed by atoms with Crippen LogP contribution in [0.4, 0.5) is 5.82 Å². The molecule has 0 unspecified atom stereocenters. The zero-order valence-electron chi connectivity index (χ0n) is 11.4. The van der Waals surface area contributed by atoms with Gasteiger partial charge in [0.2, 0.25) is 0 Å². The molecule has 0 bridgehead atoms. The Morgan fingerprint density at radius 2 is 1.84 bits per heavy atom. The lowest BCUT2D eigenvalue weighted by molar-refractivity contribution is 0.608. The molecule has 100 valence electrons. The van der Waals surface area contributed by atoms with Gasteiger partial charge in [0.05, 0.1) is 6.04 Å². The summed E-state index contributed by atoms with van der Waals surface area (Å²) in [6, 6.07) is 14.5. The van der Waals surface area contributed by atoms with Crippen molar-refractivity contribution in [1.82, 2.24) is 4.98 Å². The highest BCUT2D eigenvalue weighted by Gasteiger charge is 2.18. The van der Waals surface area contributed by atoms with Crippen LogP contribution in [0.1, 0.15) is 31.9 Å². The standard InChI is InChI=1S/C16H19ClN2/c1-3-15(13-8-10-14(17)11-9-13)19(4-2)16-7-5-6-12-18-16/h5-12,15H,3-4H2,1-2H3/t15-/m1/s1. The number of benzene rings is 1. The van der Waals surface area contributed by atoms with Crippen LogP contribution in [0.3, 0.4) is 0 Å². The van der Waals surface area contributed by atoms with E-state index in [0.29, 0.717) is 6.04 Å². The summed E-state index contributed by atoms with van der Waals surface area (Å²) in [5, 5.41) is 0.777. The highest BCUT2D eigenvalue weighted by Crippen LogP contribution is 2.28. The monoisotopic (exact) mass is 274 g/mol. The molecule has 1 atom stereocenters. The molecule has 0 N–H and O–H groups in total. The number of anilines is 1. The molecule has 0 saturated heterocycles. The van der Waals surface area contributed by atoms with Crippen molar-refractivity contribution in [2.45, 2.75) is 26.3 Å². The van der Waals surface area contributed by atoms with Crippen LogP contribution in [0.5, 0.6) is 0 Å². The van der Waals surface area contributed by atoms with Crippen LogP contribution in [0.15, 0.2) is 48.7 Å². The number of nitrogens with zero attached hydrogens (tertiary/aromatic N) is 2. The van der Waals surface area contributed by atoms with E-state index in [9.17, 15) is 0 Å². The van der Waals surface area contributed by atoms with Crippen molar-refractivity contribution in [3.63, 3.8) is 0 Å². The topological polar surface area (TPSA) is 16.1 Å². The van der Waals surface area contributed by atoms with Gasteiger partial charge in [-0.2, -0.15) is 0 Å². The van der Waals surface area contributed by atoms with Gasteiger partial charge in [-0.15, -0.1) is 0 Å². The summed E-state index contributed by atoms with van der Waals surface area (Å²) in [6.45, 7) is 5.29. The SMILES string of the molecule is CC[C@H](c1ccc(Cl)cc1)N(CC)c1ccccn1. The fraction of sp³-hybridized carbons (Fsp3) is 0.312. The summed E-state index contributed by atoms with van der Waals surface area (Å²) >= 11 is 5.96. The number of halogens is 1. The number of pyridine rings is 1. The molecule has 2 nitrogen and oxygen atoms in total. The van der Waals surface area contributed by atoms with E-state index in [1.54, 1.807) is 0 Å². The molecule has 19 heavy (non-hydrogen) atoms. The van der Waals surface area contributed by atoms with E-state index in [1.165, 1.54) is 5.56 Å². The predicted octanol–water partition coefficient (Wildman–Crippen LogP) is 4.71. The lowest BCUT2D eigenvalue weighted by atomic mass is 10.0. The van der Waals surface area contributed by atoms with Gasteiger partial charge in [-0.3, -0.25) is 0 Å². The number of hydrogen-bond donors (Lipinski definition) is 0. The normalized spacial score (nSPS) is 12.2. The van der Waals surface area contributed by atoms with E-state index in [0.717, 1.165) is 23.8 Å². The van der Waals surface area contributed by atoms with Gasteiger partial charge < -0.3 is 4.90 Å². The van der Waals surface area contributed by atoms with Gasteiger partial charge in [0.1, 0.15) is 5.82 Å². The number of rotatable bonds is 5. The van der Waals surface area contributed by atoms with Crippen LogP contribution in [0.2, 0.25) is 5.02 Å². The van der Waals surface area contributed by atoms with E-state index in [1.807, 2.05) is 30.5 Å². The minimum Gasteiger partial charge on any atom is -0.350 e. The molecule has 2 aromatic rings. The average molecular weight is 275 g/mol. The maximum Gasteiger partial charge on any atom is 0.128 e. The fourth-order valence-electron chi connectivity index (χ4n) is 2.39. The van der Waals surface area contributed by atoms with Crippen LogP contribution in [0, 0.1) is 0 Å². The van der Waals surface area contributed by atoms with Crippen LogP contribution in [0.25, 0.3) is 0 Å². The van der Waals surface area contributed by atoms with Gasteiger partial charge in [0, 0.05) is 17.8 Å². The zero-order valence-corrected chi connectivity index (χ0v) is 12.1. The van der Waals surface area contributed by atoms with E-state index in [-0.39, 0.29) is 0 Å². The quantitative estimate of drug-likeness (QED) is 0.785. The molecule has 0 saturated carbocycles. The largest absolute Gasteiger partial charge is 0.350 e. The van der Waals surface area contributed by atoms with Gasteiger partial charge in [-0.25, -0.2) is 4.98 Å². The first-order valence-corrected chi connectivity index (χ1v) is 7.07. The molecule has 0 radical (unpaired) electrons. The van der Waals surface area contributed by atoms with Crippen molar-refractivity contribution in [3.05, 3.63) is 59.2 Å². The Morgan fingerprint density at radius 1 is 1.11 bits per heavy atom. The van der Waals surface area contributed by atoms with Gasteiger partial charge in [-0.05, 0) is 43.2 Å². The van der Waals surface area contributed by atoms with Gasteiger partial charge >= 0.3 is 0 Å². The van der Waals surface area contributed by atoms with Gasteiger partial charge in [-0.1, -0.05) is 36.7 Å². The van der Waals surface area contributed by atoms with E-state index >= 15 is 0 Å². The molecule has 1 aromatic carbocycles. The first-order chi connectivity index (χ1) is 9.26. The van der Waals surface area contributed by atoms with Crippen molar-refractivity contribution in [1.29, 1.82) is 0 Å². The Bertz CT molecular complexity index is 496. The average Bonchev–Trinajstić information content (AvgIpc) is 2.47. The third-order valence-electron chi connectivity index (χ3n) is 3.30. The molecule has 0 aliphatic heterocycles. The first kappa shape index (κ1) is 13.9. The Balaban J connectivity index is 2.31. The molecule has 1 aromatic heterocycles. The number of aromatic nitrogens is 1. The van der Waals surface area contributed by atoms with Crippen molar-refractivity contribution < 1.29 is 0 Å². The summed E-state index contributed by atoms with van der Waals surface area (Å²) in [4.78, 5) is 6.78. The molecule has 0 amide bonds. The molecule has 2 rings (SSSR count). The minimum atomic E-state index is 0.331. The third kappa shape index (κ3) is 3.27. The maximum absolute atomic E-state index is 5.96. The molecule has 0 fully saturated rings. The molecule has 0 aliphatic rings. The Hall–Kier alpha value is -1.54. The summed E-state index contributed by atoms with van der Waals surface area (Å²) in [5.74, 6) is 1.02. The van der Waals surface area contributed by atoms with Crippen LogP contribution >= 0.6 is 11.6 Å². The highest BCUT2D eigenvalue weighted by atomic mass is 35.5. The summed E-state index contributed by atoms with van der Waals surface area (Å²) in [5.41, 5.74) is 1.28. The Kier molecular flexibility index (Phi) is 4.80. The summed E-state index contributed by atoms with van der Waals surface area (Å²) in [6.07, 6.45) is 2.87. The maximum atomic E-state index is 5.96. The van der Waals surface area contributed by atoms with Crippen LogP contribution in [-0.2, 0) is 0 Å². The smallest absolute Gasteiger partial charge is 0.128 e. The van der Waals surface area contributed by atoms with E-state index in [2.05, 4.69) is 41.9 Å². The molecule has 0 spiro atoms. The lowest BCUT2D eigenvalue weighted by Gasteiger charge is -2.31. The van der Waals surface area contributed by atoms with E-state index in [4.69, 9.17) is 11.6 Å². The van der Waals surface area contributed by atoms with Gasteiger partial charge in [0.25, 0.3) is 0 Å². The second kappa shape index (κ2) is 6.58. The predicted molar refractivity (Wildman–Crippen MR) is 81.7 cm³/mol. The first-order valence-electron chi connectivity index (χ1n) is 6.69. The molecule has 1 heterocycles. The van der Waals surface area contributed by atoms with Crippen LogP contribution in [-0.4, -0.2) is 11.5 Å². The molecule has 3 heteroatoms. The van der Waals surface area contributed by atoms with Crippen molar-refractivity contribution in [3.8, 4) is 0 Å². The molecule has 0 aliphatic carbocycles. The van der Waals surface area contributed by atoms with Crippen molar-refractivity contribution in [2.24, 2.45) is 0 Å². The molecular weight excluding hydrogens is 256 g/mol. The summed E-state index contributed by atoms with van der Waals surface area (Å²) < 4.78 is 0. The minimum absolute atomic E-state index is 0.331. The molecular formula is C16H19ClN2. The van der Waals surface area contributed by atoms with E-state index < -0.39 is 0 Å². The zero-order chi connectivity index (χ0) is 13.7. The van der Waals surface area contributed by atoms with Gasteiger partial charge in [0.15, 0.2) is 0 Å². The second-order valence-corrected chi connectivity index (χ2v) is 4.89. The van der Waals surface area contributed by atoms with Crippen molar-refractivity contribution >= 4 is 17.4 Å². The van der Waals surface area contributed by atoms with Crippen LogP contribution < -0.4 is 4.90 Å². The lowest BCUT2D eigenvalue weighted by Crippen LogP contribution is -2.28. The Morgan fingerprint density at radius 3 is 2.37 bits per heavy atom. The van der Waals surface area contributed by atoms with Crippen molar-refractivity contribution in [2.75, 3.05) is 11.4 Å². The second-order valence-electron chi connectivity index (χ2n) is 4.45. The Labute approximate surface area is 120 Å². The highest BCUT2D eigenvalue weighted by molar-refractivity contribution is 6.30. The fourth-order valence-corrected chi connectivity index (χ4v) is 2.51. The summed E-state index contributed by atoms with van der Waals surface area (Å²) in [7, 11) is 0. The third-order valence-corrected chi connectivity index (χ3v) is 3.55. The number of hydrogen-bond acceptors (Lipinski definition) is 2.